The first-order chi connectivity index (χ1) is 7.83. The SMILES string of the molecule is COC(C(=O)N1CCCCC1)n1cccn1. The van der Waals surface area contributed by atoms with E-state index in [1.54, 1.807) is 23.1 Å². The highest BCUT2D eigenvalue weighted by atomic mass is 16.5. The number of hydrogen-bond donors (Lipinski definition) is 0. The highest BCUT2D eigenvalue weighted by Gasteiger charge is 2.26. The Kier molecular flexibility index (Phi) is 3.56. The number of carbonyl (C=O) groups is 1. The normalized spacial score (nSPS) is 18.4. The molecule has 5 heteroatoms. The van der Waals surface area contributed by atoms with Gasteiger partial charge in [0, 0.05) is 32.6 Å². The first-order valence-electron chi connectivity index (χ1n) is 5.63. The zero-order valence-corrected chi connectivity index (χ0v) is 9.50. The summed E-state index contributed by atoms with van der Waals surface area (Å²) in [6, 6.07) is 1.79. The Balaban J connectivity index is 2.06. The number of rotatable bonds is 3. The van der Waals surface area contributed by atoms with Gasteiger partial charge in [-0.1, -0.05) is 0 Å². The molecule has 2 heterocycles. The van der Waals surface area contributed by atoms with Crippen LogP contribution in [0.25, 0.3) is 0 Å². The molecular formula is C11H17N3O2. The van der Waals surface area contributed by atoms with Gasteiger partial charge in [-0.25, -0.2) is 4.68 Å². The molecule has 16 heavy (non-hydrogen) atoms. The summed E-state index contributed by atoms with van der Waals surface area (Å²) in [5, 5.41) is 4.05. The van der Waals surface area contributed by atoms with E-state index in [1.807, 2.05) is 4.90 Å². The van der Waals surface area contributed by atoms with E-state index >= 15 is 0 Å². The number of hydrogen-bond acceptors (Lipinski definition) is 3. The maximum Gasteiger partial charge on any atom is 0.274 e. The number of amides is 1. The van der Waals surface area contributed by atoms with Gasteiger partial charge in [-0.2, -0.15) is 5.10 Å². The van der Waals surface area contributed by atoms with E-state index < -0.39 is 6.23 Å². The lowest BCUT2D eigenvalue weighted by molar-refractivity contribution is -0.149. The van der Waals surface area contributed by atoms with Crippen molar-refractivity contribution in [2.45, 2.75) is 25.5 Å². The molecule has 0 spiro atoms. The minimum absolute atomic E-state index is 0.00546. The van der Waals surface area contributed by atoms with E-state index in [-0.39, 0.29) is 5.91 Å². The predicted molar refractivity (Wildman–Crippen MR) is 58.7 cm³/mol. The van der Waals surface area contributed by atoms with E-state index in [0.29, 0.717) is 0 Å². The van der Waals surface area contributed by atoms with Crippen LogP contribution in [-0.2, 0) is 9.53 Å². The van der Waals surface area contributed by atoms with Crippen molar-refractivity contribution in [3.8, 4) is 0 Å². The average molecular weight is 223 g/mol. The molecule has 1 amide bonds. The monoisotopic (exact) mass is 223 g/mol. The molecule has 2 rings (SSSR count). The van der Waals surface area contributed by atoms with Crippen molar-refractivity contribution < 1.29 is 9.53 Å². The molecule has 5 nitrogen and oxygen atoms in total. The standard InChI is InChI=1S/C11H17N3O2/c1-16-11(14-9-5-6-12-14)10(15)13-7-3-2-4-8-13/h5-6,9,11H,2-4,7-8H2,1H3. The third-order valence-electron chi connectivity index (χ3n) is 2.87. The Hall–Kier alpha value is -1.36. The maximum absolute atomic E-state index is 12.2. The number of nitrogens with zero attached hydrogens (tertiary/aromatic N) is 3. The molecular weight excluding hydrogens is 206 g/mol. The molecule has 0 radical (unpaired) electrons. The second-order valence-corrected chi connectivity index (χ2v) is 3.96. The van der Waals surface area contributed by atoms with Crippen molar-refractivity contribution in [1.29, 1.82) is 0 Å². The topological polar surface area (TPSA) is 47.4 Å². The quantitative estimate of drug-likeness (QED) is 0.769. The van der Waals surface area contributed by atoms with Gasteiger partial charge in [-0.05, 0) is 25.3 Å². The Morgan fingerprint density at radius 3 is 2.69 bits per heavy atom. The van der Waals surface area contributed by atoms with Gasteiger partial charge in [0.2, 0.25) is 6.23 Å². The van der Waals surface area contributed by atoms with Crippen LogP contribution < -0.4 is 0 Å². The van der Waals surface area contributed by atoms with Crippen molar-refractivity contribution in [3.63, 3.8) is 0 Å². The van der Waals surface area contributed by atoms with Crippen LogP contribution in [0.5, 0.6) is 0 Å². The summed E-state index contributed by atoms with van der Waals surface area (Å²) >= 11 is 0. The highest BCUT2D eigenvalue weighted by Crippen LogP contribution is 2.15. The molecule has 0 saturated carbocycles. The molecule has 0 aromatic carbocycles. The van der Waals surface area contributed by atoms with Gasteiger partial charge in [0.25, 0.3) is 5.91 Å². The van der Waals surface area contributed by atoms with E-state index in [9.17, 15) is 4.79 Å². The molecule has 1 fully saturated rings. The van der Waals surface area contributed by atoms with Crippen molar-refractivity contribution in [2.24, 2.45) is 0 Å². The maximum atomic E-state index is 12.2. The molecule has 1 aliphatic heterocycles. The smallest absolute Gasteiger partial charge is 0.274 e. The van der Waals surface area contributed by atoms with Gasteiger partial charge in [0.05, 0.1) is 0 Å². The fourth-order valence-corrected chi connectivity index (χ4v) is 2.01. The highest BCUT2D eigenvalue weighted by molar-refractivity contribution is 5.79. The van der Waals surface area contributed by atoms with Crippen LogP contribution in [-0.4, -0.2) is 40.8 Å². The Morgan fingerprint density at radius 2 is 2.12 bits per heavy atom. The molecule has 0 aliphatic carbocycles. The van der Waals surface area contributed by atoms with Crippen LogP contribution in [0.15, 0.2) is 18.5 Å². The fourth-order valence-electron chi connectivity index (χ4n) is 2.01. The number of piperidine rings is 1. The lowest BCUT2D eigenvalue weighted by atomic mass is 10.1. The number of methoxy groups -OCH3 is 1. The van der Waals surface area contributed by atoms with Crippen LogP contribution in [0.1, 0.15) is 25.5 Å². The minimum atomic E-state index is -0.618. The number of aromatic nitrogens is 2. The average Bonchev–Trinajstić information content (AvgIpc) is 2.85. The van der Waals surface area contributed by atoms with E-state index in [0.717, 1.165) is 25.9 Å². The molecule has 0 bridgehead atoms. The van der Waals surface area contributed by atoms with Crippen LogP contribution in [0, 0.1) is 0 Å². The predicted octanol–water partition coefficient (Wildman–Crippen LogP) is 1.04. The molecule has 1 saturated heterocycles. The van der Waals surface area contributed by atoms with Crippen LogP contribution in [0.3, 0.4) is 0 Å². The van der Waals surface area contributed by atoms with Gasteiger partial charge in [0.15, 0.2) is 0 Å². The molecule has 1 atom stereocenters. The molecule has 1 aliphatic rings. The zero-order valence-electron chi connectivity index (χ0n) is 9.50. The Bertz CT molecular complexity index is 331. The summed E-state index contributed by atoms with van der Waals surface area (Å²) < 4.78 is 6.77. The molecule has 1 unspecified atom stereocenters. The first kappa shape index (κ1) is 11.1. The second kappa shape index (κ2) is 5.12. The first-order valence-corrected chi connectivity index (χ1v) is 5.63. The Morgan fingerprint density at radius 1 is 1.38 bits per heavy atom. The van der Waals surface area contributed by atoms with Crippen LogP contribution in [0.2, 0.25) is 0 Å². The Labute approximate surface area is 95.0 Å². The summed E-state index contributed by atoms with van der Waals surface area (Å²) in [5.74, 6) is 0.00546. The fraction of sp³-hybridized carbons (Fsp3) is 0.636. The molecule has 1 aromatic heterocycles. The van der Waals surface area contributed by atoms with Gasteiger partial charge >= 0.3 is 0 Å². The van der Waals surface area contributed by atoms with E-state index in [1.165, 1.54) is 13.5 Å². The zero-order chi connectivity index (χ0) is 11.4. The van der Waals surface area contributed by atoms with Crippen LogP contribution >= 0.6 is 0 Å². The summed E-state index contributed by atoms with van der Waals surface area (Å²) in [6.45, 7) is 1.67. The largest absolute Gasteiger partial charge is 0.352 e. The third-order valence-corrected chi connectivity index (χ3v) is 2.87. The van der Waals surface area contributed by atoms with E-state index in [2.05, 4.69) is 5.10 Å². The third kappa shape index (κ3) is 2.24. The van der Waals surface area contributed by atoms with Crippen LogP contribution in [0.4, 0.5) is 0 Å². The summed E-state index contributed by atoms with van der Waals surface area (Å²) in [5.41, 5.74) is 0. The summed E-state index contributed by atoms with van der Waals surface area (Å²) in [4.78, 5) is 14.0. The lowest BCUT2D eigenvalue weighted by Crippen LogP contribution is -2.41. The van der Waals surface area contributed by atoms with Crippen molar-refractivity contribution >= 4 is 5.91 Å². The van der Waals surface area contributed by atoms with Crippen molar-refractivity contribution in [3.05, 3.63) is 18.5 Å². The summed E-state index contributed by atoms with van der Waals surface area (Å²) in [6.07, 6.45) is 6.16. The number of likely N-dealkylation sites (tertiary alicyclic amines) is 1. The number of carbonyl (C=O) groups excluding carboxylic acids is 1. The minimum Gasteiger partial charge on any atom is -0.352 e. The second-order valence-electron chi connectivity index (χ2n) is 3.96. The molecule has 0 N–H and O–H groups in total. The molecule has 1 aromatic rings. The van der Waals surface area contributed by atoms with Gasteiger partial charge in [0.1, 0.15) is 0 Å². The molecule has 88 valence electrons. The van der Waals surface area contributed by atoms with Crippen molar-refractivity contribution in [1.82, 2.24) is 14.7 Å². The lowest BCUT2D eigenvalue weighted by Gasteiger charge is -2.29. The van der Waals surface area contributed by atoms with Gasteiger partial charge in [-0.15, -0.1) is 0 Å². The summed E-state index contributed by atoms with van der Waals surface area (Å²) in [7, 11) is 1.54. The van der Waals surface area contributed by atoms with Gasteiger partial charge < -0.3 is 9.64 Å². The van der Waals surface area contributed by atoms with E-state index in [4.69, 9.17) is 4.74 Å². The van der Waals surface area contributed by atoms with Gasteiger partial charge in [-0.3, -0.25) is 4.79 Å². The number of ether oxygens (including phenoxy) is 1. The van der Waals surface area contributed by atoms with Crippen molar-refractivity contribution in [2.75, 3.05) is 20.2 Å².